The van der Waals surface area contributed by atoms with Crippen LogP contribution in [-0.2, 0) is 14.2 Å². The Bertz CT molecular complexity index is 169. The van der Waals surface area contributed by atoms with Gasteiger partial charge in [-0.3, -0.25) is 0 Å². The van der Waals surface area contributed by atoms with E-state index in [1.165, 1.54) is 0 Å². The molecule has 0 aromatic rings. The first-order valence-corrected chi connectivity index (χ1v) is 5.67. The van der Waals surface area contributed by atoms with Crippen LogP contribution in [0.3, 0.4) is 0 Å². The molecule has 0 aromatic heterocycles. The largest absolute Gasteiger partial charge is 0.385 e. The lowest BCUT2D eigenvalue weighted by Gasteiger charge is -2.38. The van der Waals surface area contributed by atoms with Crippen LogP contribution in [-0.4, -0.2) is 45.2 Å². The molecule has 15 heavy (non-hydrogen) atoms. The summed E-state index contributed by atoms with van der Waals surface area (Å²) in [7, 11) is 1.70. The molecular formula is C11H23NO3. The summed E-state index contributed by atoms with van der Waals surface area (Å²) in [6.45, 7) is 4.77. The Kier molecular flexibility index (Phi) is 5.53. The smallest absolute Gasteiger partial charge is 0.104 e. The topological polar surface area (TPSA) is 53.7 Å². The monoisotopic (exact) mass is 217 g/mol. The maximum Gasteiger partial charge on any atom is 0.104 e. The fourth-order valence-electron chi connectivity index (χ4n) is 1.90. The lowest BCUT2D eigenvalue weighted by atomic mass is 9.96. The number of nitrogens with two attached hydrogens (primary N) is 1. The first kappa shape index (κ1) is 12.9. The molecule has 1 rings (SSSR count). The summed E-state index contributed by atoms with van der Waals surface area (Å²) >= 11 is 0. The van der Waals surface area contributed by atoms with Crippen LogP contribution >= 0.6 is 0 Å². The number of hydrogen-bond acceptors (Lipinski definition) is 4. The van der Waals surface area contributed by atoms with Gasteiger partial charge in [0, 0.05) is 26.9 Å². The molecule has 2 atom stereocenters. The number of methoxy groups -OCH3 is 1. The van der Waals surface area contributed by atoms with E-state index in [4.69, 9.17) is 19.9 Å². The second kappa shape index (κ2) is 6.43. The minimum absolute atomic E-state index is 0.176. The van der Waals surface area contributed by atoms with Crippen LogP contribution in [0, 0.1) is 0 Å². The van der Waals surface area contributed by atoms with Gasteiger partial charge in [-0.15, -0.1) is 0 Å². The average Bonchev–Trinajstić information content (AvgIpc) is 2.27. The van der Waals surface area contributed by atoms with Gasteiger partial charge in [0.05, 0.1) is 12.7 Å². The molecule has 1 saturated heterocycles. The minimum atomic E-state index is -0.259. The van der Waals surface area contributed by atoms with Gasteiger partial charge in [-0.25, -0.2) is 0 Å². The molecule has 0 spiro atoms. The van der Waals surface area contributed by atoms with E-state index in [1.807, 2.05) is 0 Å². The maximum atomic E-state index is 6.00. The molecule has 2 N–H and O–H groups in total. The van der Waals surface area contributed by atoms with Gasteiger partial charge < -0.3 is 19.9 Å². The third kappa shape index (κ3) is 4.07. The van der Waals surface area contributed by atoms with Gasteiger partial charge in [0.2, 0.25) is 0 Å². The van der Waals surface area contributed by atoms with Gasteiger partial charge in [-0.05, 0) is 26.2 Å². The average molecular weight is 217 g/mol. The van der Waals surface area contributed by atoms with Gasteiger partial charge in [-0.1, -0.05) is 0 Å². The highest BCUT2D eigenvalue weighted by atomic mass is 16.6. The van der Waals surface area contributed by atoms with E-state index in [0.717, 1.165) is 32.5 Å². The van der Waals surface area contributed by atoms with Gasteiger partial charge >= 0.3 is 0 Å². The van der Waals surface area contributed by atoms with Crippen molar-refractivity contribution >= 4 is 0 Å². The fourth-order valence-corrected chi connectivity index (χ4v) is 1.90. The van der Waals surface area contributed by atoms with Crippen molar-refractivity contribution in [1.82, 2.24) is 0 Å². The molecule has 4 nitrogen and oxygen atoms in total. The van der Waals surface area contributed by atoms with E-state index < -0.39 is 0 Å². The Morgan fingerprint density at radius 3 is 2.87 bits per heavy atom. The summed E-state index contributed by atoms with van der Waals surface area (Å²) in [5, 5.41) is 0. The predicted molar refractivity (Wildman–Crippen MR) is 58.9 cm³/mol. The zero-order chi connectivity index (χ0) is 11.1. The maximum absolute atomic E-state index is 6.00. The van der Waals surface area contributed by atoms with Crippen LogP contribution in [0.1, 0.15) is 26.2 Å². The van der Waals surface area contributed by atoms with Crippen molar-refractivity contribution in [3.05, 3.63) is 0 Å². The highest BCUT2D eigenvalue weighted by Crippen LogP contribution is 2.24. The van der Waals surface area contributed by atoms with E-state index in [2.05, 4.69) is 6.92 Å². The fraction of sp³-hybridized carbons (Fsp3) is 1.00. The molecular weight excluding hydrogens is 194 g/mol. The molecule has 1 fully saturated rings. The van der Waals surface area contributed by atoms with Crippen molar-refractivity contribution in [2.24, 2.45) is 5.73 Å². The number of rotatable bonds is 6. The summed E-state index contributed by atoms with van der Waals surface area (Å²) in [5.74, 6) is 0. The van der Waals surface area contributed by atoms with E-state index in [9.17, 15) is 0 Å². The molecule has 0 amide bonds. The van der Waals surface area contributed by atoms with Crippen LogP contribution in [0.15, 0.2) is 0 Å². The first-order valence-electron chi connectivity index (χ1n) is 5.67. The molecule has 1 aliphatic rings. The standard InChI is InChI=1S/C11H23NO3/c1-10(4-7-13-2)15-11(8-12)5-3-6-14-9-11/h10H,3-9,12H2,1-2H3. The van der Waals surface area contributed by atoms with E-state index in [-0.39, 0.29) is 11.7 Å². The summed E-state index contributed by atoms with van der Waals surface area (Å²) in [6, 6.07) is 0. The van der Waals surface area contributed by atoms with E-state index in [1.54, 1.807) is 7.11 Å². The van der Waals surface area contributed by atoms with Gasteiger partial charge in [0.15, 0.2) is 0 Å². The van der Waals surface area contributed by atoms with Crippen LogP contribution in [0.5, 0.6) is 0 Å². The first-order chi connectivity index (χ1) is 7.22. The molecule has 4 heteroatoms. The van der Waals surface area contributed by atoms with Crippen molar-refractivity contribution in [3.63, 3.8) is 0 Å². The Hall–Kier alpha value is -0.160. The van der Waals surface area contributed by atoms with Crippen molar-refractivity contribution in [2.45, 2.75) is 37.9 Å². The Balaban J connectivity index is 2.37. The Morgan fingerprint density at radius 2 is 2.33 bits per heavy atom. The highest BCUT2D eigenvalue weighted by Gasteiger charge is 2.33. The normalized spacial score (nSPS) is 29.0. The summed E-state index contributed by atoms with van der Waals surface area (Å²) in [6.07, 6.45) is 3.11. The Labute approximate surface area is 92.1 Å². The third-order valence-corrected chi connectivity index (χ3v) is 2.84. The Morgan fingerprint density at radius 1 is 1.53 bits per heavy atom. The van der Waals surface area contributed by atoms with E-state index in [0.29, 0.717) is 13.2 Å². The second-order valence-corrected chi connectivity index (χ2v) is 4.25. The summed E-state index contributed by atoms with van der Waals surface area (Å²) < 4.78 is 16.5. The SMILES string of the molecule is COCCC(C)OC1(CN)CCCOC1. The molecule has 0 radical (unpaired) electrons. The molecule has 1 aliphatic heterocycles. The van der Waals surface area contributed by atoms with E-state index >= 15 is 0 Å². The molecule has 0 saturated carbocycles. The molecule has 0 bridgehead atoms. The summed E-state index contributed by atoms with van der Waals surface area (Å²) in [5.41, 5.74) is 5.52. The van der Waals surface area contributed by atoms with Crippen LogP contribution in [0.25, 0.3) is 0 Å². The van der Waals surface area contributed by atoms with Crippen molar-refractivity contribution < 1.29 is 14.2 Å². The highest BCUT2D eigenvalue weighted by molar-refractivity contribution is 4.85. The lowest BCUT2D eigenvalue weighted by Crippen LogP contribution is -2.49. The quantitative estimate of drug-likeness (QED) is 0.719. The molecule has 0 aliphatic carbocycles. The zero-order valence-electron chi connectivity index (χ0n) is 9.83. The van der Waals surface area contributed by atoms with Crippen LogP contribution in [0.2, 0.25) is 0 Å². The van der Waals surface area contributed by atoms with Gasteiger partial charge in [0.25, 0.3) is 0 Å². The van der Waals surface area contributed by atoms with Crippen LogP contribution < -0.4 is 5.73 Å². The van der Waals surface area contributed by atoms with Crippen LogP contribution in [0.4, 0.5) is 0 Å². The second-order valence-electron chi connectivity index (χ2n) is 4.25. The van der Waals surface area contributed by atoms with Crippen molar-refractivity contribution in [3.8, 4) is 0 Å². The molecule has 2 unspecified atom stereocenters. The zero-order valence-corrected chi connectivity index (χ0v) is 9.83. The van der Waals surface area contributed by atoms with Crippen molar-refractivity contribution in [2.75, 3.05) is 33.5 Å². The third-order valence-electron chi connectivity index (χ3n) is 2.84. The number of hydrogen-bond donors (Lipinski definition) is 1. The minimum Gasteiger partial charge on any atom is -0.385 e. The summed E-state index contributed by atoms with van der Waals surface area (Å²) in [4.78, 5) is 0. The lowest BCUT2D eigenvalue weighted by molar-refractivity contribution is -0.152. The molecule has 0 aromatic carbocycles. The number of ether oxygens (including phenoxy) is 3. The molecule has 1 heterocycles. The predicted octanol–water partition coefficient (Wildman–Crippen LogP) is 0.936. The van der Waals surface area contributed by atoms with Gasteiger partial charge in [-0.2, -0.15) is 0 Å². The molecule has 90 valence electrons. The van der Waals surface area contributed by atoms with Gasteiger partial charge in [0.1, 0.15) is 5.60 Å². The van der Waals surface area contributed by atoms with Crippen molar-refractivity contribution in [1.29, 1.82) is 0 Å².